The van der Waals surface area contributed by atoms with Gasteiger partial charge in [0.05, 0.1) is 0 Å². The molecule has 0 aromatic carbocycles. The topological polar surface area (TPSA) is 78.9 Å². The van der Waals surface area contributed by atoms with E-state index in [4.69, 9.17) is 14.2 Å². The molecule has 0 aliphatic heterocycles. The number of unbranched alkanes of at least 4 members (excludes halogenated alkanes) is 17. The van der Waals surface area contributed by atoms with E-state index in [0.717, 1.165) is 103 Å². The van der Waals surface area contributed by atoms with Crippen LogP contribution in [0.4, 0.5) is 0 Å². The molecule has 0 aliphatic rings. The van der Waals surface area contributed by atoms with Crippen molar-refractivity contribution in [1.29, 1.82) is 0 Å². The molecule has 0 bridgehead atoms. The third-order valence-corrected chi connectivity index (χ3v) is 10.8. The van der Waals surface area contributed by atoms with Crippen molar-refractivity contribution >= 4 is 17.9 Å². The first-order chi connectivity index (χ1) is 32.0. The van der Waals surface area contributed by atoms with Gasteiger partial charge in [0.25, 0.3) is 0 Å². The minimum absolute atomic E-state index is 0.117. The molecule has 368 valence electrons. The highest BCUT2D eigenvalue weighted by Crippen LogP contribution is 2.15. The first-order valence-electron chi connectivity index (χ1n) is 26.4. The van der Waals surface area contributed by atoms with E-state index < -0.39 is 6.10 Å². The Labute approximate surface area is 400 Å². The van der Waals surface area contributed by atoms with Gasteiger partial charge in [-0.2, -0.15) is 0 Å². The van der Waals surface area contributed by atoms with Crippen molar-refractivity contribution in [2.24, 2.45) is 0 Å². The van der Waals surface area contributed by atoms with Crippen LogP contribution in [0.5, 0.6) is 0 Å². The first kappa shape index (κ1) is 61.1. The Hall–Kier alpha value is -3.93. The molecule has 1 unspecified atom stereocenters. The van der Waals surface area contributed by atoms with E-state index >= 15 is 0 Å². The van der Waals surface area contributed by atoms with Crippen LogP contribution in [0.3, 0.4) is 0 Å². The molecule has 6 nitrogen and oxygen atoms in total. The van der Waals surface area contributed by atoms with Crippen molar-refractivity contribution in [3.63, 3.8) is 0 Å². The summed E-state index contributed by atoms with van der Waals surface area (Å²) < 4.78 is 16.7. The molecule has 6 heteroatoms. The van der Waals surface area contributed by atoms with E-state index in [9.17, 15) is 14.4 Å². The average molecular weight is 901 g/mol. The number of esters is 3. The molecule has 0 amide bonds. The van der Waals surface area contributed by atoms with Gasteiger partial charge in [0, 0.05) is 19.3 Å². The third kappa shape index (κ3) is 50.9. The quantitative estimate of drug-likeness (QED) is 0.0262. The van der Waals surface area contributed by atoms with Crippen molar-refractivity contribution in [2.75, 3.05) is 13.2 Å². The Kier molecular flexibility index (Phi) is 49.5. The van der Waals surface area contributed by atoms with Crippen LogP contribution in [-0.2, 0) is 28.6 Å². The van der Waals surface area contributed by atoms with Crippen molar-refractivity contribution in [3.8, 4) is 0 Å². The normalized spacial score (nSPS) is 13.0. The van der Waals surface area contributed by atoms with E-state index in [2.05, 4.69) is 118 Å². The summed E-state index contributed by atoms with van der Waals surface area (Å²) in [5.74, 6) is -1.03. The van der Waals surface area contributed by atoms with Crippen LogP contribution in [-0.4, -0.2) is 37.2 Å². The number of hydrogen-bond acceptors (Lipinski definition) is 6. The van der Waals surface area contributed by atoms with Crippen molar-refractivity contribution < 1.29 is 28.6 Å². The molecule has 0 spiro atoms. The number of carbonyl (C=O) groups excluding carboxylic acids is 3. The van der Waals surface area contributed by atoms with E-state index in [0.29, 0.717) is 19.3 Å². The SMILES string of the molecule is CC/C=C\C/C=C\C/C=C\C/C=C\C/C=C\C/C=C\CCC(=O)OCC(COC(=O)CCCCC/C=C\C/C=C\C/C=C\CC)OC(=O)CCCCCCCCCCCCCCCCC. The fourth-order valence-electron chi connectivity index (χ4n) is 6.89. The summed E-state index contributed by atoms with van der Waals surface area (Å²) in [4.78, 5) is 38.0. The van der Waals surface area contributed by atoms with Crippen LogP contribution in [0.25, 0.3) is 0 Å². The monoisotopic (exact) mass is 901 g/mol. The highest BCUT2D eigenvalue weighted by Gasteiger charge is 2.19. The molecule has 0 heterocycles. The molecule has 0 aliphatic carbocycles. The highest BCUT2D eigenvalue weighted by molar-refractivity contribution is 5.71. The Morgan fingerprint density at radius 3 is 1.03 bits per heavy atom. The largest absolute Gasteiger partial charge is 0.462 e. The Bertz CT molecular complexity index is 1360. The second-order valence-electron chi connectivity index (χ2n) is 17.0. The molecule has 0 fully saturated rings. The smallest absolute Gasteiger partial charge is 0.306 e. The highest BCUT2D eigenvalue weighted by atomic mass is 16.6. The van der Waals surface area contributed by atoms with Gasteiger partial charge in [0.15, 0.2) is 6.10 Å². The Morgan fingerprint density at radius 1 is 0.323 bits per heavy atom. The zero-order valence-corrected chi connectivity index (χ0v) is 42.0. The van der Waals surface area contributed by atoms with Gasteiger partial charge in [0.1, 0.15) is 13.2 Å². The number of allylic oxidation sites excluding steroid dienone is 18. The summed E-state index contributed by atoms with van der Waals surface area (Å²) in [6.45, 7) is 6.31. The zero-order valence-electron chi connectivity index (χ0n) is 42.0. The maximum atomic E-state index is 12.8. The summed E-state index contributed by atoms with van der Waals surface area (Å²) in [6, 6.07) is 0. The number of rotatable bonds is 46. The van der Waals surface area contributed by atoms with Crippen molar-refractivity contribution in [3.05, 3.63) is 109 Å². The van der Waals surface area contributed by atoms with Gasteiger partial charge >= 0.3 is 17.9 Å². The van der Waals surface area contributed by atoms with Crippen LogP contribution in [0.15, 0.2) is 109 Å². The molecule has 0 rings (SSSR count). The lowest BCUT2D eigenvalue weighted by molar-refractivity contribution is -0.166. The minimum Gasteiger partial charge on any atom is -0.462 e. The molecule has 0 aromatic rings. The molecule has 0 aromatic heterocycles. The lowest BCUT2D eigenvalue weighted by Gasteiger charge is -2.18. The second kappa shape index (κ2) is 52.7. The van der Waals surface area contributed by atoms with Crippen LogP contribution < -0.4 is 0 Å². The maximum Gasteiger partial charge on any atom is 0.306 e. The van der Waals surface area contributed by atoms with Crippen LogP contribution in [0.1, 0.15) is 226 Å². The molecule has 0 N–H and O–H groups in total. The zero-order chi connectivity index (χ0) is 47.2. The Morgan fingerprint density at radius 2 is 0.631 bits per heavy atom. The van der Waals surface area contributed by atoms with Crippen LogP contribution >= 0.6 is 0 Å². The molecule has 0 saturated carbocycles. The lowest BCUT2D eigenvalue weighted by atomic mass is 10.0. The second-order valence-corrected chi connectivity index (χ2v) is 17.0. The summed E-state index contributed by atoms with van der Waals surface area (Å²) in [6.07, 6.45) is 70.9. The van der Waals surface area contributed by atoms with Gasteiger partial charge < -0.3 is 14.2 Å². The van der Waals surface area contributed by atoms with Gasteiger partial charge in [-0.15, -0.1) is 0 Å². The summed E-state index contributed by atoms with van der Waals surface area (Å²) in [7, 11) is 0. The number of hydrogen-bond donors (Lipinski definition) is 0. The van der Waals surface area contributed by atoms with Gasteiger partial charge in [-0.05, 0) is 89.9 Å². The van der Waals surface area contributed by atoms with Gasteiger partial charge in [-0.3, -0.25) is 14.4 Å². The van der Waals surface area contributed by atoms with Crippen LogP contribution in [0, 0.1) is 0 Å². The molecule has 0 radical (unpaired) electrons. The fraction of sp³-hybridized carbons (Fsp3) is 0.644. The van der Waals surface area contributed by atoms with Crippen molar-refractivity contribution in [2.45, 2.75) is 232 Å². The summed E-state index contributed by atoms with van der Waals surface area (Å²) in [5.41, 5.74) is 0. The molecule has 1 atom stereocenters. The van der Waals surface area contributed by atoms with Crippen molar-refractivity contribution in [1.82, 2.24) is 0 Å². The lowest BCUT2D eigenvalue weighted by Crippen LogP contribution is -2.30. The average Bonchev–Trinajstić information content (AvgIpc) is 3.30. The van der Waals surface area contributed by atoms with Gasteiger partial charge in [-0.1, -0.05) is 226 Å². The summed E-state index contributed by atoms with van der Waals surface area (Å²) in [5, 5.41) is 0. The molecular weight excluding hydrogens is 805 g/mol. The van der Waals surface area contributed by atoms with E-state index in [1.807, 2.05) is 12.2 Å². The van der Waals surface area contributed by atoms with E-state index in [1.165, 1.54) is 77.0 Å². The van der Waals surface area contributed by atoms with E-state index in [1.54, 1.807) is 0 Å². The predicted molar refractivity (Wildman–Crippen MR) is 279 cm³/mol. The third-order valence-electron chi connectivity index (χ3n) is 10.8. The minimum atomic E-state index is -0.820. The van der Waals surface area contributed by atoms with Gasteiger partial charge in [0.2, 0.25) is 0 Å². The Balaban J connectivity index is 4.53. The van der Waals surface area contributed by atoms with E-state index in [-0.39, 0.29) is 37.5 Å². The standard InChI is InChI=1S/C59H96O6/c1-4-7-10-13-16-19-22-25-27-28-29-30-32-34-37-40-43-46-49-52-58(61)64-55-56(54-63-57(60)51-48-45-42-39-36-33-24-21-18-15-12-9-6-3)65-59(62)53-50-47-44-41-38-35-31-26-23-20-17-14-11-8-5-2/h7,9-10,12,16,18-19,21,25,27,29-30,33-34,36-37,43,46,56H,4-6,8,11,13-15,17,20,22-24,26,28,31-32,35,38-42,44-45,47-55H2,1-3H3/b10-7-,12-9-,19-16-,21-18-,27-25-,30-29-,36-33-,37-34-,46-43-. The first-order valence-corrected chi connectivity index (χ1v) is 26.4. The summed E-state index contributed by atoms with van der Waals surface area (Å²) >= 11 is 0. The molecule has 0 saturated heterocycles. The maximum absolute atomic E-state index is 12.8. The van der Waals surface area contributed by atoms with Crippen LogP contribution in [0.2, 0.25) is 0 Å². The molecule has 65 heavy (non-hydrogen) atoms. The fourth-order valence-corrected chi connectivity index (χ4v) is 6.89. The molecular formula is C59H96O6. The number of ether oxygens (including phenoxy) is 3. The predicted octanol–water partition coefficient (Wildman–Crippen LogP) is 17.5. The van der Waals surface area contributed by atoms with Gasteiger partial charge in [-0.25, -0.2) is 0 Å². The number of carbonyl (C=O) groups is 3.